The molecule has 1 aromatic heterocycles. The minimum absolute atomic E-state index is 0.281. The minimum atomic E-state index is 0.281. The highest BCUT2D eigenvalue weighted by Crippen LogP contribution is 2.34. The second-order valence-electron chi connectivity index (χ2n) is 4.61. The number of aryl methyl sites for hydroxylation is 2. The number of nitrogens with zero attached hydrogens (tertiary/aromatic N) is 2. The van der Waals surface area contributed by atoms with Crippen molar-refractivity contribution < 1.29 is 0 Å². The Morgan fingerprint density at radius 1 is 1.60 bits per heavy atom. The molecule has 4 heteroatoms. The van der Waals surface area contributed by atoms with Crippen molar-refractivity contribution >= 4 is 15.9 Å². The summed E-state index contributed by atoms with van der Waals surface area (Å²) in [6, 6.07) is 0.281. The van der Waals surface area contributed by atoms with Crippen LogP contribution in [-0.4, -0.2) is 15.8 Å². The number of aromatic nitrogens is 2. The molecule has 1 aromatic rings. The van der Waals surface area contributed by atoms with Crippen LogP contribution in [0.5, 0.6) is 0 Å². The Balaban J connectivity index is 2.01. The minimum Gasteiger partial charge on any atom is -0.327 e. The van der Waals surface area contributed by atoms with Crippen LogP contribution >= 0.6 is 15.9 Å². The lowest BCUT2D eigenvalue weighted by Gasteiger charge is -2.11. The molecule has 84 valence electrons. The van der Waals surface area contributed by atoms with Gasteiger partial charge in [-0.3, -0.25) is 4.68 Å². The van der Waals surface area contributed by atoms with E-state index in [0.717, 1.165) is 28.9 Å². The predicted molar refractivity (Wildman–Crippen MR) is 64.7 cm³/mol. The lowest BCUT2D eigenvalue weighted by atomic mass is 10.1. The largest absolute Gasteiger partial charge is 0.327 e. The molecule has 0 saturated heterocycles. The van der Waals surface area contributed by atoms with E-state index in [1.165, 1.54) is 18.5 Å². The van der Waals surface area contributed by atoms with E-state index in [-0.39, 0.29) is 6.04 Å². The quantitative estimate of drug-likeness (QED) is 0.912. The van der Waals surface area contributed by atoms with E-state index in [2.05, 4.69) is 21.0 Å². The molecule has 1 atom stereocenters. The van der Waals surface area contributed by atoms with Crippen LogP contribution in [0.1, 0.15) is 30.7 Å². The van der Waals surface area contributed by atoms with Crippen molar-refractivity contribution in [3.8, 4) is 0 Å². The maximum absolute atomic E-state index is 6.13. The SMILES string of the molecule is Cc1nn(C)c(CC(N)CC2CC2)c1Br. The van der Waals surface area contributed by atoms with Gasteiger partial charge in [-0.05, 0) is 35.2 Å². The molecule has 0 spiro atoms. The molecular weight excluding hydrogens is 254 g/mol. The number of rotatable bonds is 4. The average molecular weight is 272 g/mol. The summed E-state index contributed by atoms with van der Waals surface area (Å²) < 4.78 is 3.06. The van der Waals surface area contributed by atoms with E-state index in [1.54, 1.807) is 0 Å². The summed E-state index contributed by atoms with van der Waals surface area (Å²) in [6.45, 7) is 2.01. The fourth-order valence-corrected chi connectivity index (χ4v) is 2.51. The highest BCUT2D eigenvalue weighted by atomic mass is 79.9. The van der Waals surface area contributed by atoms with Gasteiger partial charge in [-0.25, -0.2) is 0 Å². The molecule has 3 nitrogen and oxygen atoms in total. The Hall–Kier alpha value is -0.350. The van der Waals surface area contributed by atoms with E-state index >= 15 is 0 Å². The summed E-state index contributed by atoms with van der Waals surface area (Å²) in [5, 5.41) is 4.37. The first-order chi connectivity index (χ1) is 7.08. The van der Waals surface area contributed by atoms with Crippen LogP contribution in [0.2, 0.25) is 0 Å². The Morgan fingerprint density at radius 3 is 2.73 bits per heavy atom. The Labute approximate surface area is 99.2 Å². The van der Waals surface area contributed by atoms with Gasteiger partial charge in [0.05, 0.1) is 15.9 Å². The van der Waals surface area contributed by atoms with Crippen molar-refractivity contribution in [1.82, 2.24) is 9.78 Å². The first-order valence-corrected chi connectivity index (χ1v) is 6.30. The number of hydrogen-bond donors (Lipinski definition) is 1. The molecule has 15 heavy (non-hydrogen) atoms. The molecule has 0 amide bonds. The van der Waals surface area contributed by atoms with Gasteiger partial charge < -0.3 is 5.73 Å². The topological polar surface area (TPSA) is 43.8 Å². The fourth-order valence-electron chi connectivity index (χ4n) is 2.02. The first-order valence-electron chi connectivity index (χ1n) is 5.51. The van der Waals surface area contributed by atoms with E-state index in [9.17, 15) is 0 Å². The Morgan fingerprint density at radius 2 is 2.27 bits per heavy atom. The molecule has 1 aliphatic rings. The van der Waals surface area contributed by atoms with Gasteiger partial charge >= 0.3 is 0 Å². The van der Waals surface area contributed by atoms with Gasteiger partial charge in [0.15, 0.2) is 0 Å². The monoisotopic (exact) mass is 271 g/mol. The lowest BCUT2D eigenvalue weighted by Crippen LogP contribution is -2.24. The number of nitrogens with two attached hydrogens (primary N) is 1. The van der Waals surface area contributed by atoms with Crippen molar-refractivity contribution in [3.63, 3.8) is 0 Å². The Kier molecular flexibility index (Phi) is 3.16. The third-order valence-electron chi connectivity index (χ3n) is 3.05. The third kappa shape index (κ3) is 2.61. The van der Waals surface area contributed by atoms with Gasteiger partial charge in [0.1, 0.15) is 0 Å². The molecule has 2 N–H and O–H groups in total. The first kappa shape index (κ1) is 11.1. The molecular formula is C11H18BrN3. The smallest absolute Gasteiger partial charge is 0.0738 e. The van der Waals surface area contributed by atoms with Crippen LogP contribution in [0.25, 0.3) is 0 Å². The maximum atomic E-state index is 6.13. The average Bonchev–Trinajstić information content (AvgIpc) is 2.92. The van der Waals surface area contributed by atoms with Crippen molar-refractivity contribution in [3.05, 3.63) is 15.9 Å². The lowest BCUT2D eigenvalue weighted by molar-refractivity contribution is 0.544. The second-order valence-corrected chi connectivity index (χ2v) is 5.41. The van der Waals surface area contributed by atoms with E-state index in [4.69, 9.17) is 5.73 Å². The van der Waals surface area contributed by atoms with Gasteiger partial charge in [-0.15, -0.1) is 0 Å². The molecule has 0 bridgehead atoms. The van der Waals surface area contributed by atoms with Crippen LogP contribution in [0.3, 0.4) is 0 Å². The molecule has 0 aliphatic heterocycles. The highest BCUT2D eigenvalue weighted by Gasteiger charge is 2.25. The van der Waals surface area contributed by atoms with Gasteiger partial charge in [0, 0.05) is 19.5 Å². The van der Waals surface area contributed by atoms with Crippen LogP contribution in [0.15, 0.2) is 4.47 Å². The molecule has 0 radical (unpaired) electrons. The van der Waals surface area contributed by atoms with Crippen LogP contribution in [0, 0.1) is 12.8 Å². The molecule has 1 saturated carbocycles. The summed E-state index contributed by atoms with van der Waals surface area (Å²) in [6.07, 6.45) is 4.84. The molecule has 1 aliphatic carbocycles. The van der Waals surface area contributed by atoms with Gasteiger partial charge in [0.2, 0.25) is 0 Å². The molecule has 1 unspecified atom stereocenters. The molecule has 1 fully saturated rings. The maximum Gasteiger partial charge on any atom is 0.0738 e. The van der Waals surface area contributed by atoms with Gasteiger partial charge in [0.25, 0.3) is 0 Å². The Bertz CT molecular complexity index is 355. The zero-order chi connectivity index (χ0) is 11.0. The van der Waals surface area contributed by atoms with Crippen LogP contribution < -0.4 is 5.73 Å². The summed E-state index contributed by atoms with van der Waals surface area (Å²) >= 11 is 3.57. The normalized spacial score (nSPS) is 18.1. The van der Waals surface area contributed by atoms with E-state index < -0.39 is 0 Å². The predicted octanol–water partition coefficient (Wildman–Crippen LogP) is 2.16. The van der Waals surface area contributed by atoms with Gasteiger partial charge in [-0.2, -0.15) is 5.10 Å². The fraction of sp³-hybridized carbons (Fsp3) is 0.727. The number of halogens is 1. The molecule has 0 aromatic carbocycles. The standard InChI is InChI=1S/C11H18BrN3/c1-7-11(12)10(15(2)14-7)6-9(13)5-8-3-4-8/h8-9H,3-6,13H2,1-2H3. The second kappa shape index (κ2) is 4.26. The van der Waals surface area contributed by atoms with Crippen molar-refractivity contribution in [1.29, 1.82) is 0 Å². The number of hydrogen-bond acceptors (Lipinski definition) is 2. The van der Waals surface area contributed by atoms with Crippen molar-refractivity contribution in [2.75, 3.05) is 0 Å². The molecule has 2 rings (SSSR count). The van der Waals surface area contributed by atoms with E-state index in [0.29, 0.717) is 0 Å². The summed E-state index contributed by atoms with van der Waals surface area (Å²) in [7, 11) is 1.98. The molecule has 1 heterocycles. The van der Waals surface area contributed by atoms with Crippen molar-refractivity contribution in [2.24, 2.45) is 18.7 Å². The summed E-state index contributed by atoms with van der Waals surface area (Å²) in [4.78, 5) is 0. The van der Waals surface area contributed by atoms with Gasteiger partial charge in [-0.1, -0.05) is 12.8 Å². The van der Waals surface area contributed by atoms with E-state index in [1.807, 2.05) is 18.7 Å². The van der Waals surface area contributed by atoms with Crippen LogP contribution in [0.4, 0.5) is 0 Å². The zero-order valence-electron chi connectivity index (χ0n) is 9.33. The highest BCUT2D eigenvalue weighted by molar-refractivity contribution is 9.10. The third-order valence-corrected chi connectivity index (χ3v) is 4.08. The van der Waals surface area contributed by atoms with Crippen LogP contribution in [-0.2, 0) is 13.5 Å². The summed E-state index contributed by atoms with van der Waals surface area (Å²) in [5.41, 5.74) is 8.40. The summed E-state index contributed by atoms with van der Waals surface area (Å²) in [5.74, 6) is 0.896. The zero-order valence-corrected chi connectivity index (χ0v) is 10.9. The van der Waals surface area contributed by atoms with Crippen molar-refractivity contribution in [2.45, 2.75) is 38.6 Å².